The average molecular weight is 355 g/mol. The highest BCUT2D eigenvalue weighted by Crippen LogP contribution is 2.18. The van der Waals surface area contributed by atoms with Crippen LogP contribution in [0.3, 0.4) is 0 Å². The number of carbonyl (C=O) groups is 1. The molecule has 132 valence electrons. The second-order valence-corrected chi connectivity index (χ2v) is 7.72. The van der Waals surface area contributed by atoms with Gasteiger partial charge in [0.25, 0.3) is 0 Å². The van der Waals surface area contributed by atoms with Gasteiger partial charge in [0.05, 0.1) is 12.3 Å². The average Bonchev–Trinajstić information content (AvgIpc) is 2.95. The molecule has 1 amide bonds. The molecule has 1 aliphatic heterocycles. The van der Waals surface area contributed by atoms with Crippen LogP contribution in [0.2, 0.25) is 0 Å². The van der Waals surface area contributed by atoms with Crippen molar-refractivity contribution in [3.05, 3.63) is 35.6 Å². The SMILES string of the molecule is CS(=O)(=O)N=C[C@@H]1CCCN1C(=O)C[C@H](N)Cc1ccccc1F. The van der Waals surface area contributed by atoms with Gasteiger partial charge in [0.2, 0.25) is 15.9 Å². The number of halogens is 1. The van der Waals surface area contributed by atoms with Gasteiger partial charge in [-0.1, -0.05) is 18.2 Å². The summed E-state index contributed by atoms with van der Waals surface area (Å²) in [5, 5.41) is 0. The monoisotopic (exact) mass is 355 g/mol. The lowest BCUT2D eigenvalue weighted by molar-refractivity contribution is -0.131. The highest BCUT2D eigenvalue weighted by molar-refractivity contribution is 7.89. The van der Waals surface area contributed by atoms with Gasteiger partial charge in [-0.05, 0) is 30.9 Å². The van der Waals surface area contributed by atoms with Gasteiger partial charge in [0, 0.05) is 25.2 Å². The van der Waals surface area contributed by atoms with Crippen LogP contribution in [0, 0.1) is 5.82 Å². The largest absolute Gasteiger partial charge is 0.335 e. The summed E-state index contributed by atoms with van der Waals surface area (Å²) < 4.78 is 39.4. The van der Waals surface area contributed by atoms with Crippen molar-refractivity contribution in [1.82, 2.24) is 4.90 Å². The molecule has 1 saturated heterocycles. The molecule has 8 heteroatoms. The fourth-order valence-corrected chi connectivity index (χ4v) is 3.16. The fourth-order valence-electron chi connectivity index (χ4n) is 2.80. The predicted molar refractivity (Wildman–Crippen MR) is 90.8 cm³/mol. The molecule has 0 aromatic heterocycles. The number of likely N-dealkylation sites (tertiary alicyclic amines) is 1. The standard InChI is InChI=1S/C16H22FN3O3S/c1-24(22,23)19-11-14-6-4-8-20(14)16(21)10-13(18)9-12-5-2-3-7-15(12)17/h2-3,5,7,11,13-14H,4,6,8-10,18H2,1H3/t13-,14+/m1/s1. The number of benzene rings is 1. The van der Waals surface area contributed by atoms with Crippen LogP contribution in [-0.2, 0) is 21.2 Å². The summed E-state index contributed by atoms with van der Waals surface area (Å²) >= 11 is 0. The highest BCUT2D eigenvalue weighted by Gasteiger charge is 2.28. The Morgan fingerprint density at radius 2 is 2.21 bits per heavy atom. The van der Waals surface area contributed by atoms with E-state index in [0.717, 1.165) is 12.7 Å². The topological polar surface area (TPSA) is 92.8 Å². The Bertz CT molecular complexity index is 721. The molecule has 1 fully saturated rings. The molecular formula is C16H22FN3O3S. The van der Waals surface area contributed by atoms with E-state index in [1.807, 2.05) is 0 Å². The van der Waals surface area contributed by atoms with Gasteiger partial charge >= 0.3 is 0 Å². The second kappa shape index (κ2) is 7.85. The Labute approximate surface area is 141 Å². The smallest absolute Gasteiger partial charge is 0.249 e. The van der Waals surface area contributed by atoms with Crippen LogP contribution in [0.25, 0.3) is 0 Å². The van der Waals surface area contributed by atoms with Crippen molar-refractivity contribution in [2.75, 3.05) is 12.8 Å². The maximum Gasteiger partial charge on any atom is 0.249 e. The number of carbonyl (C=O) groups excluding carboxylic acids is 1. The quantitative estimate of drug-likeness (QED) is 0.774. The Hall–Kier alpha value is -1.80. The molecule has 0 saturated carbocycles. The third-order valence-corrected chi connectivity index (χ3v) is 4.43. The zero-order chi connectivity index (χ0) is 17.7. The van der Waals surface area contributed by atoms with Gasteiger partial charge in [-0.2, -0.15) is 4.40 Å². The van der Waals surface area contributed by atoms with Gasteiger partial charge in [-0.15, -0.1) is 0 Å². The maximum absolute atomic E-state index is 13.6. The van der Waals surface area contributed by atoms with Gasteiger partial charge in [-0.25, -0.2) is 12.8 Å². The van der Waals surface area contributed by atoms with Crippen molar-refractivity contribution in [1.29, 1.82) is 0 Å². The first-order valence-corrected chi connectivity index (χ1v) is 9.65. The Morgan fingerprint density at radius 3 is 2.88 bits per heavy atom. The van der Waals surface area contributed by atoms with E-state index in [-0.39, 0.29) is 30.6 Å². The number of nitrogens with two attached hydrogens (primary N) is 1. The normalized spacial score (nSPS) is 19.8. The zero-order valence-corrected chi connectivity index (χ0v) is 14.4. The lowest BCUT2D eigenvalue weighted by Gasteiger charge is -2.23. The lowest BCUT2D eigenvalue weighted by atomic mass is 10.0. The van der Waals surface area contributed by atoms with Gasteiger partial charge in [0.15, 0.2) is 0 Å². The summed E-state index contributed by atoms with van der Waals surface area (Å²) in [5.74, 6) is -0.499. The van der Waals surface area contributed by atoms with Gasteiger partial charge < -0.3 is 10.6 Å². The van der Waals surface area contributed by atoms with E-state index >= 15 is 0 Å². The molecule has 2 N–H and O–H groups in total. The molecular weight excluding hydrogens is 333 g/mol. The number of nitrogens with zero attached hydrogens (tertiary/aromatic N) is 2. The Kier molecular flexibility index (Phi) is 6.06. The molecule has 1 heterocycles. The van der Waals surface area contributed by atoms with Crippen LogP contribution >= 0.6 is 0 Å². The first kappa shape index (κ1) is 18.5. The van der Waals surface area contributed by atoms with Crippen LogP contribution in [0.4, 0.5) is 4.39 Å². The van der Waals surface area contributed by atoms with Gasteiger partial charge in [0.1, 0.15) is 5.82 Å². The molecule has 2 rings (SSSR count). The third kappa shape index (κ3) is 5.38. The van der Waals surface area contributed by atoms with E-state index < -0.39 is 16.1 Å². The van der Waals surface area contributed by atoms with Crippen molar-refractivity contribution in [2.45, 2.75) is 37.8 Å². The van der Waals surface area contributed by atoms with Crippen LogP contribution in [-0.4, -0.2) is 50.3 Å². The van der Waals surface area contributed by atoms with Crippen LogP contribution in [0.5, 0.6) is 0 Å². The first-order valence-electron chi connectivity index (χ1n) is 7.80. The molecule has 0 spiro atoms. The van der Waals surface area contributed by atoms with Crippen LogP contribution in [0.15, 0.2) is 28.7 Å². The molecule has 24 heavy (non-hydrogen) atoms. The van der Waals surface area contributed by atoms with E-state index in [4.69, 9.17) is 5.73 Å². The van der Waals surface area contributed by atoms with Crippen molar-refractivity contribution in [3.63, 3.8) is 0 Å². The van der Waals surface area contributed by atoms with E-state index in [1.165, 1.54) is 12.3 Å². The molecule has 0 aliphatic carbocycles. The van der Waals surface area contributed by atoms with Crippen molar-refractivity contribution >= 4 is 22.1 Å². The summed E-state index contributed by atoms with van der Waals surface area (Å²) in [7, 11) is -3.46. The Balaban J connectivity index is 1.95. The molecule has 6 nitrogen and oxygen atoms in total. The number of sulfonamides is 1. The number of rotatable bonds is 6. The second-order valence-electron chi connectivity index (χ2n) is 6.04. The fraction of sp³-hybridized carbons (Fsp3) is 0.500. The van der Waals surface area contributed by atoms with Gasteiger partial charge in [-0.3, -0.25) is 4.79 Å². The molecule has 1 aromatic rings. The van der Waals surface area contributed by atoms with Crippen LogP contribution < -0.4 is 5.73 Å². The number of hydrogen-bond acceptors (Lipinski definition) is 4. The number of hydrogen-bond donors (Lipinski definition) is 1. The highest BCUT2D eigenvalue weighted by atomic mass is 32.2. The molecule has 0 unspecified atom stereocenters. The zero-order valence-electron chi connectivity index (χ0n) is 13.6. The summed E-state index contributed by atoms with van der Waals surface area (Å²) in [6.45, 7) is 0.547. The minimum absolute atomic E-state index is 0.0809. The summed E-state index contributed by atoms with van der Waals surface area (Å²) in [4.78, 5) is 14.0. The van der Waals surface area contributed by atoms with E-state index in [9.17, 15) is 17.6 Å². The molecule has 2 atom stereocenters. The molecule has 1 aromatic carbocycles. The Morgan fingerprint density at radius 1 is 1.50 bits per heavy atom. The van der Waals surface area contributed by atoms with Crippen molar-refractivity contribution in [3.8, 4) is 0 Å². The summed E-state index contributed by atoms with van der Waals surface area (Å²) in [6.07, 6.45) is 4.13. The third-order valence-electron chi connectivity index (χ3n) is 3.92. The van der Waals surface area contributed by atoms with E-state index in [1.54, 1.807) is 23.1 Å². The predicted octanol–water partition coefficient (Wildman–Crippen LogP) is 1.11. The summed E-state index contributed by atoms with van der Waals surface area (Å²) in [6, 6.07) is 5.52. The summed E-state index contributed by atoms with van der Waals surface area (Å²) in [5.41, 5.74) is 6.47. The first-order chi connectivity index (χ1) is 11.3. The number of amides is 1. The minimum Gasteiger partial charge on any atom is -0.335 e. The van der Waals surface area contributed by atoms with Crippen molar-refractivity contribution < 1.29 is 17.6 Å². The van der Waals surface area contributed by atoms with E-state index in [0.29, 0.717) is 18.5 Å². The maximum atomic E-state index is 13.6. The molecule has 0 radical (unpaired) electrons. The minimum atomic E-state index is -3.46. The van der Waals surface area contributed by atoms with Crippen LogP contribution in [0.1, 0.15) is 24.8 Å². The van der Waals surface area contributed by atoms with Crippen molar-refractivity contribution in [2.24, 2.45) is 10.1 Å². The van der Waals surface area contributed by atoms with E-state index in [2.05, 4.69) is 4.40 Å². The molecule has 1 aliphatic rings. The molecule has 0 bridgehead atoms. The lowest BCUT2D eigenvalue weighted by Crippen LogP contribution is -2.40.